The molecule has 0 bridgehead atoms. The predicted molar refractivity (Wildman–Crippen MR) is 346 cm³/mol. The van der Waals surface area contributed by atoms with E-state index in [1.54, 1.807) is 16.1 Å². The molecule has 4 atom stereocenters. The maximum absolute atomic E-state index is 13.5. The zero-order chi connectivity index (χ0) is 64.3. The van der Waals surface area contributed by atoms with Crippen LogP contribution < -0.4 is 29.1 Å². The molecule has 5 aromatic rings. The average molecular weight is 1280 g/mol. The first-order valence-electron chi connectivity index (χ1n) is 30.9. The van der Waals surface area contributed by atoms with Crippen LogP contribution in [0.5, 0.6) is 12.0 Å². The number of fused-ring (bicyclic) bond motifs is 3. The minimum atomic E-state index is -4.64. The van der Waals surface area contributed by atoms with Crippen LogP contribution in [0, 0.1) is 41.7 Å². The van der Waals surface area contributed by atoms with Crippen LogP contribution in [0.3, 0.4) is 0 Å². The van der Waals surface area contributed by atoms with Crippen molar-refractivity contribution in [3.8, 4) is 29.3 Å². The lowest BCUT2D eigenvalue weighted by Gasteiger charge is -2.42. The van der Waals surface area contributed by atoms with E-state index in [-0.39, 0.29) is 80.0 Å². The molecule has 91 heavy (non-hydrogen) atoms. The van der Waals surface area contributed by atoms with Gasteiger partial charge in [-0.1, -0.05) is 48.5 Å². The van der Waals surface area contributed by atoms with E-state index < -0.39 is 18.1 Å². The van der Waals surface area contributed by atoms with Crippen molar-refractivity contribution < 1.29 is 37.0 Å². The largest absolute Gasteiger partial charge is 0.462 e. The van der Waals surface area contributed by atoms with Crippen LogP contribution in [-0.4, -0.2) is 174 Å². The zero-order valence-corrected chi connectivity index (χ0v) is 53.9. The number of carbonyl (C=O) groups excluding carboxylic acids is 2. The quantitative estimate of drug-likeness (QED) is 0.0849. The van der Waals surface area contributed by atoms with Gasteiger partial charge in [-0.25, -0.2) is 0 Å². The molecule has 0 aliphatic carbocycles. The molecule has 3 aromatic carbocycles. The van der Waals surface area contributed by atoms with Crippen LogP contribution in [0.15, 0.2) is 84.7 Å². The summed E-state index contributed by atoms with van der Waals surface area (Å²) < 4.78 is 57.4. The second-order valence-corrected chi connectivity index (χ2v) is 26.3. The number of benzene rings is 3. The van der Waals surface area contributed by atoms with Gasteiger partial charge >= 0.3 is 18.2 Å². The van der Waals surface area contributed by atoms with E-state index in [0.717, 1.165) is 77.0 Å². The van der Waals surface area contributed by atoms with Gasteiger partial charge in [-0.15, -0.1) is 11.2 Å². The Bertz CT molecular complexity index is 3860. The number of piperazine rings is 1. The SMILES string of the molecule is C=C(COC)C(=O)N1CCN(c2nc(OCC#SC3(C)CC(c4cc(C)c(C)c(N5CCc6c(nc(OC[C@@H]7CCCN7C)nc6N6CCN(C(=O)/C=C/C(F)(F)F)[C@@H](CC#N)C6)C5)c4)CN3C)nc3c2CCN(c2cccc4cccc(Cl)c24)C3)C=C1CC#N. The van der Waals surface area contributed by atoms with Crippen LogP contribution in [0.2, 0.25) is 5.02 Å². The number of alkyl halides is 3. The van der Waals surface area contributed by atoms with E-state index in [0.29, 0.717) is 99.3 Å². The van der Waals surface area contributed by atoms with E-state index >= 15 is 0 Å². The Morgan fingerprint density at radius 3 is 2.27 bits per heavy atom. The Hall–Kier alpha value is -8.02. The third kappa shape index (κ3) is 14.1. The number of rotatable bonds is 16. The van der Waals surface area contributed by atoms with Crippen molar-refractivity contribution in [2.45, 2.75) is 108 Å². The lowest BCUT2D eigenvalue weighted by atomic mass is 9.91. The summed E-state index contributed by atoms with van der Waals surface area (Å²) in [5.41, 5.74) is 10.1. The lowest BCUT2D eigenvalue weighted by Crippen LogP contribution is -2.55. The highest BCUT2D eigenvalue weighted by atomic mass is 35.5. The van der Waals surface area contributed by atoms with Crippen molar-refractivity contribution in [1.29, 1.82) is 10.5 Å². The number of likely N-dealkylation sites (N-methyl/N-ethyl adjacent to an activating group) is 2. The summed E-state index contributed by atoms with van der Waals surface area (Å²) in [6.07, 6.45) is 1.73. The number of methoxy groups -OCH3 is 1. The summed E-state index contributed by atoms with van der Waals surface area (Å²) >= 11 is 8.46. The molecule has 6 aliphatic rings. The van der Waals surface area contributed by atoms with Gasteiger partial charge in [0.15, 0.2) is 6.61 Å². The van der Waals surface area contributed by atoms with E-state index in [9.17, 15) is 33.3 Å². The first kappa shape index (κ1) is 64.5. The standard InChI is InChI=1S/C67H76ClF3N14O5S/c1-43-33-47(34-58(45(43)3)81-26-20-53-56(40-81)75-65(90-42-51-13-10-24-78(51)5)77-62(53)82-27-29-84(49(37-82)17-22-72)59(86)16-21-67(69,70)71)48-35-66(4,79(6)36-48)91-32-31-89-64-74-55-39-80(57-15-9-12-46-11-8-14-54(68)60(46)57)25-19-52(55)61(76-64)83-28-30-85(50(38-83)18-23-73)63(87)44(2)41-88-7/h8-9,11-12,14-16,21,33-34,38,48-49,51H,2,10,13,17-20,24-31,35-37,39-42H2,1,3-7H3/b21-16+/t48?,49-,51-,66?/m0/s1. The van der Waals surface area contributed by atoms with Gasteiger partial charge in [-0.2, -0.15) is 43.6 Å². The van der Waals surface area contributed by atoms with Crippen molar-refractivity contribution >= 4 is 68.4 Å². The fraction of sp³-hybridized carbons (Fsp3) is 0.478. The first-order valence-corrected chi connectivity index (χ1v) is 32.1. The molecule has 11 rings (SSSR count). The maximum Gasteiger partial charge on any atom is 0.409 e. The highest BCUT2D eigenvalue weighted by Crippen LogP contribution is 2.45. The first-order chi connectivity index (χ1) is 43.7. The van der Waals surface area contributed by atoms with Gasteiger partial charge < -0.3 is 48.5 Å². The second-order valence-electron chi connectivity index (χ2n) is 24.5. The molecule has 3 fully saturated rings. The summed E-state index contributed by atoms with van der Waals surface area (Å²) in [5.74, 6) is 0.439. The zero-order valence-electron chi connectivity index (χ0n) is 52.4. The van der Waals surface area contributed by atoms with Gasteiger partial charge in [0, 0.05) is 117 Å². The summed E-state index contributed by atoms with van der Waals surface area (Å²) in [6, 6.07) is 21.1. The van der Waals surface area contributed by atoms with Crippen molar-refractivity contribution in [3.05, 3.63) is 129 Å². The number of anilines is 4. The van der Waals surface area contributed by atoms with Gasteiger partial charge in [0.2, 0.25) is 5.91 Å². The Morgan fingerprint density at radius 2 is 1.57 bits per heavy atom. The molecule has 0 N–H and O–H groups in total. The Morgan fingerprint density at radius 1 is 0.857 bits per heavy atom. The monoisotopic (exact) mass is 1280 g/mol. The summed E-state index contributed by atoms with van der Waals surface area (Å²) in [5, 5.41) is 26.0. The number of hydrogen-bond acceptors (Lipinski definition) is 17. The highest BCUT2D eigenvalue weighted by molar-refractivity contribution is 7.90. The van der Waals surface area contributed by atoms with Crippen molar-refractivity contribution in [1.82, 2.24) is 39.5 Å². The molecule has 2 aromatic heterocycles. The van der Waals surface area contributed by atoms with Gasteiger partial charge in [-0.3, -0.25) is 14.5 Å². The molecule has 0 saturated carbocycles. The van der Waals surface area contributed by atoms with Gasteiger partial charge in [-0.05, 0) is 125 Å². The fourth-order valence-electron chi connectivity index (χ4n) is 13.6. The number of likely N-dealkylation sites (tertiary alicyclic amines) is 2. The molecule has 6 aliphatic heterocycles. The molecule has 2 amide bonds. The van der Waals surface area contributed by atoms with Gasteiger partial charge in [0.25, 0.3) is 5.91 Å². The number of allylic oxidation sites excluding steroid dienone is 2. The molecule has 2 unspecified atom stereocenters. The van der Waals surface area contributed by atoms with Gasteiger partial charge in [0.05, 0.1) is 77.7 Å². The number of halogens is 4. The predicted octanol–water partition coefficient (Wildman–Crippen LogP) is 9.85. The highest BCUT2D eigenvalue weighted by Gasteiger charge is 2.41. The van der Waals surface area contributed by atoms with Crippen molar-refractivity contribution in [2.75, 3.05) is 120 Å². The molecular formula is C67H76ClF3N14O5S. The number of nitriles is 2. The number of aryl methyl sites for hydroxylation is 1. The van der Waals surface area contributed by atoms with Crippen molar-refractivity contribution in [2.24, 2.45) is 0 Å². The van der Waals surface area contributed by atoms with Crippen LogP contribution in [0.4, 0.5) is 36.2 Å². The summed E-state index contributed by atoms with van der Waals surface area (Å²) in [6.45, 7) is 16.5. The Balaban J connectivity index is 0.826. The lowest BCUT2D eigenvalue weighted by molar-refractivity contribution is -0.129. The van der Waals surface area contributed by atoms with Gasteiger partial charge in [0.1, 0.15) is 18.2 Å². The summed E-state index contributed by atoms with van der Waals surface area (Å²) in [7, 11) is 5.75. The number of hydrogen-bond donors (Lipinski definition) is 0. The smallest absolute Gasteiger partial charge is 0.409 e. The molecule has 478 valence electrons. The molecule has 3 saturated heterocycles. The molecule has 19 nitrogen and oxygen atoms in total. The third-order valence-corrected chi connectivity index (χ3v) is 20.2. The van der Waals surface area contributed by atoms with E-state index in [4.69, 9.17) is 45.7 Å². The molecular weight excluding hydrogens is 1210 g/mol. The summed E-state index contributed by atoms with van der Waals surface area (Å²) in [4.78, 5) is 62.8. The van der Waals surface area contributed by atoms with E-state index in [2.05, 4.69) is 109 Å². The van der Waals surface area contributed by atoms with Crippen LogP contribution in [0.25, 0.3) is 10.8 Å². The minimum Gasteiger partial charge on any atom is -0.462 e. The minimum absolute atomic E-state index is 0.000975. The van der Waals surface area contributed by atoms with Crippen LogP contribution in [-0.2, 0) is 40.3 Å². The normalized spacial score (nSPS) is 21.3. The number of aromatic nitrogens is 4. The topological polar surface area (TPSA) is 187 Å². The van der Waals surface area contributed by atoms with Crippen LogP contribution in [0.1, 0.15) is 84.2 Å². The fourth-order valence-corrected chi connectivity index (χ4v) is 14.8. The molecule has 24 heteroatoms. The Labute approximate surface area is 538 Å². The number of nitrogens with zero attached hydrogens (tertiary/aromatic N) is 14. The number of amides is 2. The molecule has 0 spiro atoms. The third-order valence-electron chi connectivity index (χ3n) is 18.7. The molecule has 0 radical (unpaired) electrons. The van der Waals surface area contributed by atoms with Crippen LogP contribution >= 0.6 is 22.8 Å². The Kier molecular flexibility index (Phi) is 19.4. The van der Waals surface area contributed by atoms with E-state index in [1.165, 1.54) is 28.7 Å². The number of ether oxygens (including phenoxy) is 3. The second kappa shape index (κ2) is 27.4. The number of carbonyl (C=O) groups is 2. The molecule has 8 heterocycles. The maximum atomic E-state index is 13.5. The van der Waals surface area contributed by atoms with Crippen molar-refractivity contribution in [3.63, 3.8) is 0 Å². The van der Waals surface area contributed by atoms with E-state index in [1.807, 2.05) is 34.2 Å². The average Bonchev–Trinajstić information content (AvgIpc) is 1.36.